The number of aromatic nitrogens is 2. The highest BCUT2D eigenvalue weighted by Gasteiger charge is 2.14. The second kappa shape index (κ2) is 12.5. The van der Waals surface area contributed by atoms with Gasteiger partial charge in [-0.2, -0.15) is 0 Å². The van der Waals surface area contributed by atoms with Crippen molar-refractivity contribution in [1.29, 1.82) is 0 Å². The first-order valence-corrected chi connectivity index (χ1v) is 11.4. The lowest BCUT2D eigenvalue weighted by molar-refractivity contribution is 0.0948. The largest absolute Gasteiger partial charge is 0.487 e. The van der Waals surface area contributed by atoms with E-state index in [1.165, 1.54) is 6.33 Å². The maximum atomic E-state index is 12.6. The molecule has 0 spiro atoms. The monoisotopic (exact) mass is 492 g/mol. The number of amides is 1. The molecule has 0 radical (unpaired) electrons. The lowest BCUT2D eigenvalue weighted by Crippen LogP contribution is -2.22. The molecule has 2 aromatic heterocycles. The number of ether oxygens (including phenoxy) is 4. The summed E-state index contributed by atoms with van der Waals surface area (Å²) in [6.07, 6.45) is 3.04. The third-order valence-corrected chi connectivity index (χ3v) is 5.18. The molecule has 1 amide bonds. The fourth-order valence-corrected chi connectivity index (χ4v) is 3.42. The van der Waals surface area contributed by atoms with Crippen molar-refractivity contribution < 1.29 is 28.2 Å². The van der Waals surface area contributed by atoms with E-state index in [1.807, 2.05) is 12.1 Å². The second-order valence-electron chi connectivity index (χ2n) is 7.69. The maximum absolute atomic E-state index is 12.6. The standard InChI is InChI=1S/C26H28N4O6/c1-32-9-11-35-23-14-21-22(15-24(23)36-12-10-33-2)28-17-29-25(21)30-19-6-3-5-18(13-19)26(31)27-16-20-7-4-8-34-20/h3-8,13-15,17H,9-12,16H2,1-2H3,(H,27,31)(H,28,29,30). The van der Waals surface area contributed by atoms with Gasteiger partial charge in [-0.25, -0.2) is 9.97 Å². The second-order valence-corrected chi connectivity index (χ2v) is 7.69. The fraction of sp³-hybridized carbons (Fsp3) is 0.269. The summed E-state index contributed by atoms with van der Waals surface area (Å²) in [6, 6.07) is 14.4. The van der Waals surface area contributed by atoms with Crippen molar-refractivity contribution in [1.82, 2.24) is 15.3 Å². The molecule has 0 aliphatic carbocycles. The van der Waals surface area contributed by atoms with E-state index in [-0.39, 0.29) is 5.91 Å². The van der Waals surface area contributed by atoms with Crippen LogP contribution in [0.1, 0.15) is 16.1 Å². The molecular weight excluding hydrogens is 464 g/mol. The van der Waals surface area contributed by atoms with E-state index in [4.69, 9.17) is 23.4 Å². The zero-order valence-electron chi connectivity index (χ0n) is 20.2. The summed E-state index contributed by atoms with van der Waals surface area (Å²) < 4.78 is 27.2. The molecule has 4 aromatic rings. The fourth-order valence-electron chi connectivity index (χ4n) is 3.42. The highest BCUT2D eigenvalue weighted by molar-refractivity contribution is 5.96. The molecule has 0 fully saturated rings. The number of fused-ring (bicyclic) bond motifs is 1. The van der Waals surface area contributed by atoms with Gasteiger partial charge in [0.25, 0.3) is 5.91 Å². The van der Waals surface area contributed by atoms with Crippen molar-refractivity contribution in [3.63, 3.8) is 0 Å². The summed E-state index contributed by atoms with van der Waals surface area (Å²) in [5, 5.41) is 6.87. The van der Waals surface area contributed by atoms with E-state index >= 15 is 0 Å². The van der Waals surface area contributed by atoms with E-state index < -0.39 is 0 Å². The van der Waals surface area contributed by atoms with Crippen molar-refractivity contribution in [2.75, 3.05) is 46.0 Å². The van der Waals surface area contributed by atoms with Gasteiger partial charge in [-0.05, 0) is 36.4 Å². The van der Waals surface area contributed by atoms with Gasteiger partial charge in [0.05, 0.1) is 31.5 Å². The molecule has 0 aliphatic rings. The Kier molecular flexibility index (Phi) is 8.68. The summed E-state index contributed by atoms with van der Waals surface area (Å²) in [5.74, 6) is 2.12. The molecule has 0 aliphatic heterocycles. The van der Waals surface area contributed by atoms with Gasteiger partial charge in [0.2, 0.25) is 0 Å². The molecular formula is C26H28N4O6. The van der Waals surface area contributed by atoms with E-state index in [0.717, 1.165) is 5.39 Å². The number of hydrogen-bond acceptors (Lipinski definition) is 9. The van der Waals surface area contributed by atoms with E-state index in [2.05, 4.69) is 20.6 Å². The van der Waals surface area contributed by atoms with Gasteiger partial charge >= 0.3 is 0 Å². The van der Waals surface area contributed by atoms with Crippen LogP contribution in [0.25, 0.3) is 10.9 Å². The van der Waals surface area contributed by atoms with Gasteiger partial charge in [0.1, 0.15) is 31.1 Å². The predicted octanol–water partition coefficient (Wildman–Crippen LogP) is 3.95. The Bertz CT molecular complexity index is 1280. The molecule has 0 saturated heterocycles. The topological polar surface area (TPSA) is 117 Å². The van der Waals surface area contributed by atoms with Gasteiger partial charge in [-0.15, -0.1) is 0 Å². The molecule has 2 aromatic carbocycles. The molecule has 0 bridgehead atoms. The van der Waals surface area contributed by atoms with Crippen LogP contribution in [0.3, 0.4) is 0 Å². The Labute approximate surface area is 208 Å². The minimum absolute atomic E-state index is 0.214. The molecule has 0 atom stereocenters. The van der Waals surface area contributed by atoms with Gasteiger partial charge in [-0.3, -0.25) is 4.79 Å². The Balaban J connectivity index is 1.56. The van der Waals surface area contributed by atoms with Crippen LogP contribution in [-0.2, 0) is 16.0 Å². The predicted molar refractivity (Wildman–Crippen MR) is 134 cm³/mol. The first kappa shape index (κ1) is 25.0. The smallest absolute Gasteiger partial charge is 0.251 e. The summed E-state index contributed by atoms with van der Waals surface area (Å²) >= 11 is 0. The number of hydrogen-bond donors (Lipinski definition) is 2. The summed E-state index contributed by atoms with van der Waals surface area (Å²) in [6.45, 7) is 1.90. The van der Waals surface area contributed by atoms with Gasteiger partial charge in [0, 0.05) is 36.9 Å². The van der Waals surface area contributed by atoms with E-state index in [1.54, 1.807) is 56.9 Å². The molecule has 36 heavy (non-hydrogen) atoms. The first-order valence-electron chi connectivity index (χ1n) is 11.4. The normalized spacial score (nSPS) is 10.8. The Morgan fingerprint density at radius 3 is 2.42 bits per heavy atom. The molecule has 2 heterocycles. The number of anilines is 2. The number of nitrogens with one attached hydrogen (secondary N) is 2. The molecule has 4 rings (SSSR count). The maximum Gasteiger partial charge on any atom is 0.251 e. The average molecular weight is 493 g/mol. The summed E-state index contributed by atoms with van der Waals surface area (Å²) in [4.78, 5) is 21.4. The van der Waals surface area contributed by atoms with Crippen molar-refractivity contribution in [2.45, 2.75) is 6.54 Å². The number of rotatable bonds is 13. The zero-order valence-corrected chi connectivity index (χ0v) is 20.2. The van der Waals surface area contributed by atoms with Crippen molar-refractivity contribution >= 4 is 28.3 Å². The van der Waals surface area contributed by atoms with Crippen molar-refractivity contribution in [2.24, 2.45) is 0 Å². The molecule has 0 unspecified atom stereocenters. The zero-order chi connectivity index (χ0) is 25.2. The minimum Gasteiger partial charge on any atom is -0.487 e. The minimum atomic E-state index is -0.214. The average Bonchev–Trinajstić information content (AvgIpc) is 3.42. The van der Waals surface area contributed by atoms with Crippen LogP contribution in [0.15, 0.2) is 65.5 Å². The third kappa shape index (κ3) is 6.49. The van der Waals surface area contributed by atoms with Crippen LogP contribution in [0.4, 0.5) is 11.5 Å². The van der Waals surface area contributed by atoms with Gasteiger partial charge < -0.3 is 34.0 Å². The number of furan rings is 1. The van der Waals surface area contributed by atoms with Gasteiger partial charge in [-0.1, -0.05) is 6.07 Å². The SMILES string of the molecule is COCCOc1cc2ncnc(Nc3cccc(C(=O)NCc4ccco4)c3)c2cc1OCCOC. The quantitative estimate of drug-likeness (QED) is 0.268. The molecule has 10 heteroatoms. The third-order valence-electron chi connectivity index (χ3n) is 5.18. The highest BCUT2D eigenvalue weighted by Crippen LogP contribution is 2.35. The van der Waals surface area contributed by atoms with Crippen LogP contribution in [-0.4, -0.2) is 56.5 Å². The number of carbonyl (C=O) groups is 1. The summed E-state index contributed by atoms with van der Waals surface area (Å²) in [7, 11) is 3.23. The Hall–Kier alpha value is -4.15. The number of carbonyl (C=O) groups excluding carboxylic acids is 1. The summed E-state index contributed by atoms with van der Waals surface area (Å²) in [5.41, 5.74) is 1.87. The Morgan fingerprint density at radius 2 is 1.69 bits per heavy atom. The van der Waals surface area contributed by atoms with Crippen LogP contribution in [0.5, 0.6) is 11.5 Å². The Morgan fingerprint density at radius 1 is 0.917 bits per heavy atom. The number of methoxy groups -OCH3 is 2. The lowest BCUT2D eigenvalue weighted by Gasteiger charge is -2.15. The van der Waals surface area contributed by atoms with Crippen LogP contribution in [0, 0.1) is 0 Å². The van der Waals surface area contributed by atoms with E-state index in [9.17, 15) is 4.79 Å². The van der Waals surface area contributed by atoms with Crippen molar-refractivity contribution in [3.8, 4) is 11.5 Å². The van der Waals surface area contributed by atoms with E-state index in [0.29, 0.717) is 72.8 Å². The number of benzene rings is 2. The molecule has 2 N–H and O–H groups in total. The molecule has 188 valence electrons. The van der Waals surface area contributed by atoms with Crippen LogP contribution >= 0.6 is 0 Å². The van der Waals surface area contributed by atoms with Crippen molar-refractivity contribution in [3.05, 3.63) is 72.4 Å². The number of nitrogens with zero attached hydrogens (tertiary/aromatic N) is 2. The highest BCUT2D eigenvalue weighted by atomic mass is 16.5. The molecule has 10 nitrogen and oxygen atoms in total. The molecule has 0 saturated carbocycles. The lowest BCUT2D eigenvalue weighted by atomic mass is 10.1. The van der Waals surface area contributed by atoms with Crippen LogP contribution in [0.2, 0.25) is 0 Å². The van der Waals surface area contributed by atoms with Gasteiger partial charge in [0.15, 0.2) is 11.5 Å². The van der Waals surface area contributed by atoms with Crippen LogP contribution < -0.4 is 20.1 Å². The first-order chi connectivity index (χ1) is 17.7.